The minimum atomic E-state index is -4.70. The largest absolute Gasteiger partial charge is 0.472 e. The minimum Gasteiger partial charge on any atom is -0.472 e. The number of furan rings is 1. The Labute approximate surface area is 230 Å². The molecular formula is C27H34F3N5O5. The lowest BCUT2D eigenvalue weighted by atomic mass is 9.97. The molecule has 10 nitrogen and oxygen atoms in total. The third kappa shape index (κ3) is 7.30. The van der Waals surface area contributed by atoms with E-state index in [2.05, 4.69) is 15.3 Å². The average Bonchev–Trinajstić information content (AvgIpc) is 3.38. The first-order chi connectivity index (χ1) is 18.7. The van der Waals surface area contributed by atoms with Crippen LogP contribution < -0.4 is 5.32 Å². The number of nitrogens with one attached hydrogen (secondary N) is 1. The number of rotatable bonds is 6. The maximum absolute atomic E-state index is 13.9. The van der Waals surface area contributed by atoms with Crippen LogP contribution in [0, 0.1) is 5.92 Å². The van der Waals surface area contributed by atoms with E-state index in [0.717, 1.165) is 6.42 Å². The smallest absolute Gasteiger partial charge is 0.433 e. The number of aromatic nitrogens is 2. The van der Waals surface area contributed by atoms with E-state index in [0.29, 0.717) is 18.5 Å². The lowest BCUT2D eigenvalue weighted by Crippen LogP contribution is -2.51. The predicted molar refractivity (Wildman–Crippen MR) is 137 cm³/mol. The van der Waals surface area contributed by atoms with Gasteiger partial charge in [-0.3, -0.25) is 9.59 Å². The topological polar surface area (TPSA) is 118 Å². The molecule has 2 aliphatic rings. The molecule has 1 N–H and O–H groups in total. The summed E-state index contributed by atoms with van der Waals surface area (Å²) in [5.74, 6) is -0.332. The Hall–Kier alpha value is -3.64. The van der Waals surface area contributed by atoms with Crippen LogP contribution in [-0.2, 0) is 33.5 Å². The van der Waals surface area contributed by atoms with Crippen molar-refractivity contribution in [1.29, 1.82) is 0 Å². The van der Waals surface area contributed by atoms with Gasteiger partial charge >= 0.3 is 12.3 Å². The van der Waals surface area contributed by atoms with E-state index in [-0.39, 0.29) is 67.3 Å². The van der Waals surface area contributed by atoms with E-state index in [1.807, 2.05) is 6.92 Å². The maximum Gasteiger partial charge on any atom is 0.433 e. The zero-order valence-corrected chi connectivity index (χ0v) is 23.0. The number of piperidine rings is 1. The van der Waals surface area contributed by atoms with E-state index in [1.54, 1.807) is 25.7 Å². The summed E-state index contributed by atoms with van der Waals surface area (Å²) in [5.41, 5.74) is -1.44. The summed E-state index contributed by atoms with van der Waals surface area (Å²) in [6.45, 7) is 7.63. The molecule has 1 unspecified atom stereocenters. The second kappa shape index (κ2) is 11.5. The molecule has 40 heavy (non-hydrogen) atoms. The van der Waals surface area contributed by atoms with Crippen molar-refractivity contribution in [3.63, 3.8) is 0 Å². The fourth-order valence-electron chi connectivity index (χ4n) is 4.86. The fraction of sp³-hybridized carbons (Fsp3) is 0.593. The van der Waals surface area contributed by atoms with E-state index >= 15 is 0 Å². The van der Waals surface area contributed by atoms with Gasteiger partial charge in [-0.1, -0.05) is 6.92 Å². The molecule has 2 aliphatic heterocycles. The van der Waals surface area contributed by atoms with Crippen molar-refractivity contribution in [2.45, 2.75) is 77.7 Å². The van der Waals surface area contributed by atoms with Gasteiger partial charge in [0.25, 0.3) is 0 Å². The number of amides is 3. The molecule has 2 atom stereocenters. The third-order valence-electron chi connectivity index (χ3n) is 6.82. The average molecular weight is 566 g/mol. The molecular weight excluding hydrogens is 531 g/mol. The normalized spacial score (nSPS) is 18.8. The van der Waals surface area contributed by atoms with Crippen molar-refractivity contribution >= 4 is 17.9 Å². The van der Waals surface area contributed by atoms with Gasteiger partial charge in [-0.25, -0.2) is 14.8 Å². The first-order valence-corrected chi connectivity index (χ1v) is 13.2. The van der Waals surface area contributed by atoms with Crippen LogP contribution in [0.2, 0.25) is 0 Å². The van der Waals surface area contributed by atoms with E-state index in [1.165, 1.54) is 23.5 Å². The molecule has 1 saturated heterocycles. The number of carbonyl (C=O) groups excluding carboxylic acids is 3. The molecule has 1 fully saturated rings. The number of likely N-dealkylation sites (tertiary alicyclic amines) is 1. The van der Waals surface area contributed by atoms with Crippen LogP contribution in [0.5, 0.6) is 0 Å². The number of carbonyl (C=O) groups is 3. The first kappa shape index (κ1) is 29.3. The van der Waals surface area contributed by atoms with E-state index in [4.69, 9.17) is 9.15 Å². The number of halogens is 3. The molecule has 0 spiro atoms. The quantitative estimate of drug-likeness (QED) is 0.558. The molecule has 2 aromatic rings. The maximum atomic E-state index is 13.9. The molecule has 0 aromatic carbocycles. The Bertz CT molecular complexity index is 1240. The molecule has 4 heterocycles. The van der Waals surface area contributed by atoms with Crippen molar-refractivity contribution in [1.82, 2.24) is 25.1 Å². The molecule has 0 saturated carbocycles. The number of hydrogen-bond acceptors (Lipinski definition) is 7. The summed E-state index contributed by atoms with van der Waals surface area (Å²) in [6.07, 6.45) is -1.90. The Morgan fingerprint density at radius 1 is 1.23 bits per heavy atom. The Kier molecular flexibility index (Phi) is 8.41. The van der Waals surface area contributed by atoms with Gasteiger partial charge in [0, 0.05) is 38.0 Å². The lowest BCUT2D eigenvalue weighted by Gasteiger charge is -2.35. The van der Waals surface area contributed by atoms with E-state index in [9.17, 15) is 27.6 Å². The summed E-state index contributed by atoms with van der Waals surface area (Å²) < 4.78 is 51.9. The predicted octanol–water partition coefficient (Wildman–Crippen LogP) is 4.18. The highest BCUT2D eigenvalue weighted by atomic mass is 19.4. The Balaban J connectivity index is 1.53. The van der Waals surface area contributed by atoms with Crippen LogP contribution in [-0.4, -0.2) is 69.0 Å². The molecule has 0 radical (unpaired) electrons. The van der Waals surface area contributed by atoms with Crippen molar-refractivity contribution in [3.05, 3.63) is 35.5 Å². The molecule has 0 bridgehead atoms. The SMILES string of the molecule is CC1CCN(C[C@H](CC(=O)N2CCc3c(nc(-c4ccoc4)nc3C(F)(F)F)C2)NC(=O)OC(C)(C)C)C(=O)C1. The lowest BCUT2D eigenvalue weighted by molar-refractivity contribution is -0.142. The summed E-state index contributed by atoms with van der Waals surface area (Å²) >= 11 is 0. The van der Waals surface area contributed by atoms with Gasteiger partial charge in [0.1, 0.15) is 11.9 Å². The number of hydrogen-bond donors (Lipinski definition) is 1. The summed E-state index contributed by atoms with van der Waals surface area (Å²) in [5, 5.41) is 2.71. The summed E-state index contributed by atoms with van der Waals surface area (Å²) in [4.78, 5) is 49.7. The number of nitrogens with zero attached hydrogens (tertiary/aromatic N) is 4. The van der Waals surface area contributed by atoms with Crippen LogP contribution in [0.4, 0.5) is 18.0 Å². The molecule has 0 aliphatic carbocycles. The highest BCUT2D eigenvalue weighted by Crippen LogP contribution is 2.35. The Morgan fingerprint density at radius 3 is 2.60 bits per heavy atom. The number of alkyl carbamates (subject to hydrolysis) is 1. The van der Waals surface area contributed by atoms with Crippen LogP contribution >= 0.6 is 0 Å². The van der Waals surface area contributed by atoms with E-state index < -0.39 is 29.6 Å². The van der Waals surface area contributed by atoms with Gasteiger partial charge in [0.05, 0.1) is 30.1 Å². The van der Waals surface area contributed by atoms with Crippen LogP contribution in [0.25, 0.3) is 11.4 Å². The van der Waals surface area contributed by atoms with Gasteiger partial charge < -0.3 is 24.3 Å². The highest BCUT2D eigenvalue weighted by molar-refractivity contribution is 5.79. The van der Waals surface area contributed by atoms with Gasteiger partial charge in [0.2, 0.25) is 11.8 Å². The highest BCUT2D eigenvalue weighted by Gasteiger charge is 2.40. The van der Waals surface area contributed by atoms with Gasteiger partial charge in [-0.15, -0.1) is 0 Å². The monoisotopic (exact) mass is 565 g/mol. The van der Waals surface area contributed by atoms with Crippen molar-refractivity contribution in [2.24, 2.45) is 5.92 Å². The second-order valence-corrected chi connectivity index (χ2v) is 11.4. The number of ether oxygens (including phenoxy) is 1. The van der Waals surface area contributed by atoms with Crippen LogP contribution in [0.1, 0.15) is 63.9 Å². The molecule has 2 aromatic heterocycles. The van der Waals surface area contributed by atoms with Gasteiger partial charge in [-0.2, -0.15) is 13.2 Å². The second-order valence-electron chi connectivity index (χ2n) is 11.4. The van der Waals surface area contributed by atoms with Crippen molar-refractivity contribution in [2.75, 3.05) is 19.6 Å². The van der Waals surface area contributed by atoms with Gasteiger partial charge in [0.15, 0.2) is 11.5 Å². The van der Waals surface area contributed by atoms with Crippen LogP contribution in [0.15, 0.2) is 23.0 Å². The standard InChI is InChI=1S/C27H34F3N5O5/c1-16-5-8-34(21(36)11-16)13-18(31-25(38)40-26(2,3)4)12-22(37)35-9-6-19-20(14-35)32-24(17-7-10-39-15-17)33-23(19)27(28,29)30/h7,10,15-16,18H,5-6,8-9,11-14H2,1-4H3,(H,31,38)/t16?,18-/m0/s1. The zero-order valence-electron chi connectivity index (χ0n) is 23.0. The summed E-state index contributed by atoms with van der Waals surface area (Å²) in [6, 6.07) is 0.710. The molecule has 3 amide bonds. The summed E-state index contributed by atoms with van der Waals surface area (Å²) in [7, 11) is 0. The first-order valence-electron chi connectivity index (χ1n) is 13.2. The molecule has 4 rings (SSSR count). The minimum absolute atomic E-state index is 0.0304. The van der Waals surface area contributed by atoms with Crippen LogP contribution in [0.3, 0.4) is 0 Å². The Morgan fingerprint density at radius 2 is 1.98 bits per heavy atom. The van der Waals surface area contributed by atoms with Crippen molar-refractivity contribution < 1.29 is 36.7 Å². The fourth-order valence-corrected chi connectivity index (χ4v) is 4.86. The zero-order chi connectivity index (χ0) is 29.2. The van der Waals surface area contributed by atoms with Gasteiger partial charge in [-0.05, 0) is 45.6 Å². The molecule has 218 valence electrons. The van der Waals surface area contributed by atoms with Crippen molar-refractivity contribution in [3.8, 4) is 11.4 Å². The number of fused-ring (bicyclic) bond motifs is 1. The third-order valence-corrected chi connectivity index (χ3v) is 6.82. The number of alkyl halides is 3. The molecule has 13 heteroatoms.